The zero-order valence-corrected chi connectivity index (χ0v) is 14.4. The first-order valence-electron chi connectivity index (χ1n) is 7.99. The molecule has 0 saturated carbocycles. The van der Waals surface area contributed by atoms with Crippen LogP contribution in [0.4, 0.5) is 0 Å². The molecule has 0 radical (unpaired) electrons. The number of carbonyl (C=O) groups is 3. The summed E-state index contributed by atoms with van der Waals surface area (Å²) < 4.78 is 0. The van der Waals surface area contributed by atoms with Crippen LogP contribution in [0.2, 0.25) is 0 Å². The molecule has 0 saturated heterocycles. The van der Waals surface area contributed by atoms with E-state index in [-0.39, 0.29) is 23.0 Å². The fourth-order valence-electron chi connectivity index (χ4n) is 3.12. The van der Waals surface area contributed by atoms with Crippen LogP contribution in [0.5, 0.6) is 0 Å². The number of rotatable bonds is 4. The molecule has 2 amide bonds. The molecule has 1 atom stereocenters. The Balaban J connectivity index is 2.23. The van der Waals surface area contributed by atoms with E-state index in [1.165, 1.54) is 0 Å². The van der Waals surface area contributed by atoms with Crippen LogP contribution in [0.25, 0.3) is 0 Å². The van der Waals surface area contributed by atoms with Gasteiger partial charge in [-0.1, -0.05) is 13.8 Å². The van der Waals surface area contributed by atoms with Gasteiger partial charge in [0.2, 0.25) is 5.91 Å². The number of hydrogen-bond donors (Lipinski definition) is 3. The molecule has 1 aromatic heterocycles. The molecule has 0 bridgehead atoms. The monoisotopic (exact) mass is 319 g/mol. The second-order valence-corrected chi connectivity index (χ2v) is 7.01. The number of aromatic amines is 1. The summed E-state index contributed by atoms with van der Waals surface area (Å²) in [6.07, 6.45) is 1.21. The lowest BCUT2D eigenvalue weighted by atomic mass is 9.75. The van der Waals surface area contributed by atoms with E-state index >= 15 is 0 Å². The molecule has 0 spiro atoms. The molecule has 6 nitrogen and oxygen atoms in total. The van der Waals surface area contributed by atoms with E-state index in [9.17, 15) is 14.4 Å². The molecule has 0 fully saturated rings. The molecule has 2 rings (SSSR count). The van der Waals surface area contributed by atoms with Gasteiger partial charge in [-0.25, -0.2) is 0 Å². The Bertz CT molecular complexity index is 658. The first-order chi connectivity index (χ1) is 10.7. The van der Waals surface area contributed by atoms with Crippen molar-refractivity contribution in [1.29, 1.82) is 0 Å². The maximum atomic E-state index is 12.4. The van der Waals surface area contributed by atoms with Gasteiger partial charge in [0.05, 0.1) is 0 Å². The number of Topliss-reactive ketones (excluding diaryl/α,β-unsaturated/α-hetero) is 1. The van der Waals surface area contributed by atoms with Crippen LogP contribution in [0, 0.1) is 12.3 Å². The van der Waals surface area contributed by atoms with Gasteiger partial charge < -0.3 is 15.6 Å². The maximum Gasteiger partial charge on any atom is 0.268 e. The molecule has 1 aromatic rings. The van der Waals surface area contributed by atoms with Crippen LogP contribution < -0.4 is 10.6 Å². The third-order valence-electron chi connectivity index (χ3n) is 4.22. The SMILES string of the molecule is CCNC(=O)C(C)NC(=O)c1[nH]c2c(c1C)C(=O)CC(C)(C)C2. The molecule has 6 heteroatoms. The molecular formula is C17H25N3O3. The number of nitrogens with one attached hydrogen (secondary N) is 3. The van der Waals surface area contributed by atoms with Crippen molar-refractivity contribution >= 4 is 17.6 Å². The van der Waals surface area contributed by atoms with Crippen LogP contribution >= 0.6 is 0 Å². The summed E-state index contributed by atoms with van der Waals surface area (Å²) in [6.45, 7) is 9.83. The molecular weight excluding hydrogens is 294 g/mol. The molecule has 23 heavy (non-hydrogen) atoms. The van der Waals surface area contributed by atoms with Crippen molar-refractivity contribution in [3.63, 3.8) is 0 Å². The summed E-state index contributed by atoms with van der Waals surface area (Å²) in [6, 6.07) is -0.630. The standard InChI is InChI=1S/C17H25N3O3/c1-6-18-15(22)10(3)19-16(23)14-9(2)13-11(20-14)7-17(4,5)8-12(13)21/h10,20H,6-8H2,1-5H3,(H,18,22)(H,19,23). The van der Waals surface area contributed by atoms with E-state index in [2.05, 4.69) is 15.6 Å². The van der Waals surface area contributed by atoms with Gasteiger partial charge in [0.1, 0.15) is 11.7 Å². The van der Waals surface area contributed by atoms with Crippen LogP contribution in [-0.4, -0.2) is 35.2 Å². The van der Waals surface area contributed by atoms with E-state index in [1.54, 1.807) is 13.8 Å². The molecule has 1 aliphatic rings. The van der Waals surface area contributed by atoms with Crippen molar-refractivity contribution < 1.29 is 14.4 Å². The minimum Gasteiger partial charge on any atom is -0.355 e. The number of amides is 2. The van der Waals surface area contributed by atoms with Gasteiger partial charge in [-0.15, -0.1) is 0 Å². The maximum absolute atomic E-state index is 12.4. The Hall–Kier alpha value is -2.11. The summed E-state index contributed by atoms with van der Waals surface area (Å²) >= 11 is 0. The zero-order valence-electron chi connectivity index (χ0n) is 14.4. The number of ketones is 1. The third kappa shape index (κ3) is 3.46. The molecule has 1 unspecified atom stereocenters. The van der Waals surface area contributed by atoms with Crippen LogP contribution in [-0.2, 0) is 11.2 Å². The number of likely N-dealkylation sites (N-methyl/N-ethyl adjacent to an activating group) is 1. The minimum atomic E-state index is -0.630. The highest BCUT2D eigenvalue weighted by atomic mass is 16.2. The highest BCUT2D eigenvalue weighted by molar-refractivity contribution is 6.05. The molecule has 3 N–H and O–H groups in total. The normalized spacial score (nSPS) is 17.3. The second-order valence-electron chi connectivity index (χ2n) is 7.01. The van der Waals surface area contributed by atoms with Gasteiger partial charge in [0.15, 0.2) is 5.78 Å². The Morgan fingerprint density at radius 3 is 2.57 bits per heavy atom. The summed E-state index contributed by atoms with van der Waals surface area (Å²) in [7, 11) is 0. The summed E-state index contributed by atoms with van der Waals surface area (Å²) in [4.78, 5) is 39.6. The molecule has 126 valence electrons. The zero-order chi connectivity index (χ0) is 17.4. The number of fused-ring (bicyclic) bond motifs is 1. The van der Waals surface area contributed by atoms with Gasteiger partial charge in [-0.2, -0.15) is 0 Å². The van der Waals surface area contributed by atoms with Crippen molar-refractivity contribution in [2.75, 3.05) is 6.54 Å². The topological polar surface area (TPSA) is 91.1 Å². The lowest BCUT2D eigenvalue weighted by molar-refractivity contribution is -0.122. The minimum absolute atomic E-state index is 0.0702. The number of hydrogen-bond acceptors (Lipinski definition) is 3. The quantitative estimate of drug-likeness (QED) is 0.789. The smallest absolute Gasteiger partial charge is 0.268 e. The van der Waals surface area contributed by atoms with Crippen molar-refractivity contribution in [2.24, 2.45) is 5.41 Å². The number of H-pyrrole nitrogens is 1. The largest absolute Gasteiger partial charge is 0.355 e. The van der Waals surface area contributed by atoms with Crippen LogP contribution in [0.1, 0.15) is 66.2 Å². The Morgan fingerprint density at radius 2 is 1.96 bits per heavy atom. The van der Waals surface area contributed by atoms with E-state index in [4.69, 9.17) is 0 Å². The van der Waals surface area contributed by atoms with E-state index < -0.39 is 6.04 Å². The first kappa shape index (κ1) is 17.2. The second kappa shape index (κ2) is 6.18. The van der Waals surface area contributed by atoms with E-state index in [0.717, 1.165) is 12.1 Å². The third-order valence-corrected chi connectivity index (χ3v) is 4.22. The molecule has 0 aromatic carbocycles. The van der Waals surface area contributed by atoms with Crippen molar-refractivity contribution in [3.05, 3.63) is 22.5 Å². The highest BCUT2D eigenvalue weighted by Gasteiger charge is 2.35. The van der Waals surface area contributed by atoms with Crippen molar-refractivity contribution in [1.82, 2.24) is 15.6 Å². The predicted molar refractivity (Wildman–Crippen MR) is 87.6 cm³/mol. The lowest BCUT2D eigenvalue weighted by Crippen LogP contribution is -2.45. The average molecular weight is 319 g/mol. The molecule has 0 aliphatic heterocycles. The van der Waals surface area contributed by atoms with Crippen LogP contribution in [0.3, 0.4) is 0 Å². The fourth-order valence-corrected chi connectivity index (χ4v) is 3.12. The Kier molecular flexibility index (Phi) is 4.63. The van der Waals surface area contributed by atoms with Gasteiger partial charge in [0.25, 0.3) is 5.91 Å². The lowest BCUT2D eigenvalue weighted by Gasteiger charge is -2.28. The van der Waals surface area contributed by atoms with Gasteiger partial charge in [-0.3, -0.25) is 14.4 Å². The summed E-state index contributed by atoms with van der Waals surface area (Å²) in [5.41, 5.74) is 2.39. The van der Waals surface area contributed by atoms with Crippen molar-refractivity contribution in [3.8, 4) is 0 Å². The average Bonchev–Trinajstić information content (AvgIpc) is 2.74. The van der Waals surface area contributed by atoms with Gasteiger partial charge >= 0.3 is 0 Å². The number of aromatic nitrogens is 1. The molecule has 1 heterocycles. The Morgan fingerprint density at radius 1 is 1.30 bits per heavy atom. The van der Waals surface area contributed by atoms with E-state index in [0.29, 0.717) is 29.8 Å². The summed E-state index contributed by atoms with van der Waals surface area (Å²) in [5.74, 6) is -0.519. The fraction of sp³-hybridized carbons (Fsp3) is 0.588. The molecule has 1 aliphatic carbocycles. The highest BCUT2D eigenvalue weighted by Crippen LogP contribution is 2.36. The van der Waals surface area contributed by atoms with Crippen molar-refractivity contribution in [2.45, 2.75) is 53.5 Å². The van der Waals surface area contributed by atoms with Gasteiger partial charge in [-0.05, 0) is 38.2 Å². The van der Waals surface area contributed by atoms with Gasteiger partial charge in [0, 0.05) is 24.2 Å². The number of carbonyl (C=O) groups excluding carboxylic acids is 3. The first-order valence-corrected chi connectivity index (χ1v) is 7.99. The predicted octanol–water partition coefficient (Wildman–Crippen LogP) is 1.73. The summed E-state index contributed by atoms with van der Waals surface area (Å²) in [5, 5.41) is 5.34. The van der Waals surface area contributed by atoms with E-state index in [1.807, 2.05) is 20.8 Å². The van der Waals surface area contributed by atoms with Crippen LogP contribution in [0.15, 0.2) is 0 Å². The Labute approximate surface area is 136 Å².